The third kappa shape index (κ3) is 3.04. The van der Waals surface area contributed by atoms with E-state index in [1.54, 1.807) is 12.1 Å². The molecule has 0 spiro atoms. The number of rotatable bonds is 4. The quantitative estimate of drug-likeness (QED) is 0.802. The van der Waals surface area contributed by atoms with E-state index in [1.807, 2.05) is 18.2 Å². The Morgan fingerprint density at radius 1 is 0.800 bits per heavy atom. The number of hydrogen-bond donors (Lipinski definition) is 0. The van der Waals surface area contributed by atoms with Crippen molar-refractivity contribution in [2.75, 3.05) is 24.5 Å². The van der Waals surface area contributed by atoms with Gasteiger partial charge in [-0.2, -0.15) is 0 Å². The summed E-state index contributed by atoms with van der Waals surface area (Å²) >= 11 is 0. The lowest BCUT2D eigenvalue weighted by Gasteiger charge is -2.34. The second-order valence-electron chi connectivity index (χ2n) is 6.86. The van der Waals surface area contributed by atoms with Crippen molar-refractivity contribution in [2.45, 2.75) is 19.3 Å². The summed E-state index contributed by atoms with van der Waals surface area (Å²) in [5.41, 5.74) is 2.37. The van der Waals surface area contributed by atoms with Crippen LogP contribution in [0.15, 0.2) is 54.6 Å². The first kappa shape index (κ1) is 15.9. The van der Waals surface area contributed by atoms with Gasteiger partial charge < -0.3 is 4.90 Å². The number of amides is 2. The molecule has 1 fully saturated rings. The molecule has 0 aromatic heterocycles. The highest BCUT2D eigenvalue weighted by Gasteiger charge is 2.35. The fourth-order valence-corrected chi connectivity index (χ4v) is 3.87. The second-order valence-corrected chi connectivity index (χ2v) is 6.86. The van der Waals surface area contributed by atoms with Gasteiger partial charge in [0.15, 0.2) is 0 Å². The summed E-state index contributed by atoms with van der Waals surface area (Å²) < 4.78 is 0. The van der Waals surface area contributed by atoms with E-state index in [9.17, 15) is 9.59 Å². The average molecular weight is 334 g/mol. The lowest BCUT2D eigenvalue weighted by molar-refractivity contribution is 0.0643. The van der Waals surface area contributed by atoms with E-state index in [1.165, 1.54) is 10.6 Å². The van der Waals surface area contributed by atoms with E-state index in [0.29, 0.717) is 23.6 Å². The van der Waals surface area contributed by atoms with Crippen LogP contribution in [0.4, 0.5) is 5.69 Å². The van der Waals surface area contributed by atoms with Gasteiger partial charge in [-0.05, 0) is 49.4 Å². The summed E-state index contributed by atoms with van der Waals surface area (Å²) in [6.45, 7) is 2.61. The van der Waals surface area contributed by atoms with E-state index in [0.717, 1.165) is 32.4 Å². The Balaban J connectivity index is 1.32. The van der Waals surface area contributed by atoms with Crippen LogP contribution >= 0.6 is 0 Å². The molecule has 0 unspecified atom stereocenters. The maximum absolute atomic E-state index is 12.4. The number of para-hydroxylation sites is 1. The van der Waals surface area contributed by atoms with Crippen molar-refractivity contribution in [1.82, 2.24) is 4.90 Å². The molecule has 0 saturated carbocycles. The van der Waals surface area contributed by atoms with Crippen LogP contribution in [-0.2, 0) is 0 Å². The molecule has 128 valence electrons. The van der Waals surface area contributed by atoms with Crippen LogP contribution in [-0.4, -0.2) is 36.3 Å². The van der Waals surface area contributed by atoms with Crippen LogP contribution in [0.25, 0.3) is 0 Å². The summed E-state index contributed by atoms with van der Waals surface area (Å²) in [5.74, 6) is 0.300. The molecule has 2 aliphatic heterocycles. The number of anilines is 1. The van der Waals surface area contributed by atoms with Crippen molar-refractivity contribution in [3.05, 3.63) is 65.7 Å². The van der Waals surface area contributed by atoms with Crippen LogP contribution in [0, 0.1) is 5.92 Å². The van der Waals surface area contributed by atoms with Gasteiger partial charge >= 0.3 is 0 Å². The van der Waals surface area contributed by atoms with Gasteiger partial charge in [0.2, 0.25) is 0 Å². The molecule has 4 rings (SSSR count). The standard InChI is InChI=1S/C21H22N2O2/c24-20-18-8-4-5-9-19(18)21(25)23(20)15-12-16-10-13-22(14-11-16)17-6-2-1-3-7-17/h1-9,16H,10-15H2. The average Bonchev–Trinajstić information content (AvgIpc) is 2.92. The van der Waals surface area contributed by atoms with E-state index in [-0.39, 0.29) is 11.8 Å². The zero-order chi connectivity index (χ0) is 17.2. The molecular formula is C21H22N2O2. The number of fused-ring (bicyclic) bond motifs is 1. The molecule has 0 radical (unpaired) electrons. The van der Waals surface area contributed by atoms with E-state index in [2.05, 4.69) is 29.2 Å². The third-order valence-electron chi connectivity index (χ3n) is 5.38. The van der Waals surface area contributed by atoms with Crippen LogP contribution in [0.2, 0.25) is 0 Å². The number of hydrogen-bond acceptors (Lipinski definition) is 3. The monoisotopic (exact) mass is 334 g/mol. The molecule has 0 atom stereocenters. The normalized spacial score (nSPS) is 17.9. The molecule has 2 aromatic carbocycles. The van der Waals surface area contributed by atoms with Crippen molar-refractivity contribution in [3.8, 4) is 0 Å². The van der Waals surface area contributed by atoms with Crippen LogP contribution in [0.3, 0.4) is 0 Å². The number of nitrogens with zero attached hydrogens (tertiary/aromatic N) is 2. The Bertz CT molecular complexity index is 744. The van der Waals surface area contributed by atoms with E-state index < -0.39 is 0 Å². The Morgan fingerprint density at radius 3 is 1.96 bits per heavy atom. The van der Waals surface area contributed by atoms with Crippen LogP contribution < -0.4 is 4.90 Å². The molecule has 0 N–H and O–H groups in total. The molecule has 25 heavy (non-hydrogen) atoms. The molecular weight excluding hydrogens is 312 g/mol. The molecule has 4 heteroatoms. The molecule has 0 aliphatic carbocycles. The van der Waals surface area contributed by atoms with Gasteiger partial charge in [-0.1, -0.05) is 30.3 Å². The Hall–Kier alpha value is -2.62. The maximum Gasteiger partial charge on any atom is 0.261 e. The second kappa shape index (κ2) is 6.71. The van der Waals surface area contributed by atoms with Crippen molar-refractivity contribution in [1.29, 1.82) is 0 Å². The van der Waals surface area contributed by atoms with Gasteiger partial charge in [0, 0.05) is 25.3 Å². The minimum absolute atomic E-state index is 0.137. The topological polar surface area (TPSA) is 40.6 Å². The first-order valence-corrected chi connectivity index (χ1v) is 8.99. The zero-order valence-electron chi connectivity index (χ0n) is 14.2. The molecule has 2 amide bonds. The van der Waals surface area contributed by atoms with Gasteiger partial charge in [-0.15, -0.1) is 0 Å². The summed E-state index contributed by atoms with van der Waals surface area (Å²) in [5, 5.41) is 0. The molecule has 2 aromatic rings. The summed E-state index contributed by atoms with van der Waals surface area (Å²) in [6, 6.07) is 17.6. The fraction of sp³-hybridized carbons (Fsp3) is 0.333. The first-order chi connectivity index (χ1) is 12.2. The van der Waals surface area contributed by atoms with Crippen molar-refractivity contribution >= 4 is 17.5 Å². The van der Waals surface area contributed by atoms with Gasteiger partial charge in [0.05, 0.1) is 11.1 Å². The molecule has 1 saturated heterocycles. The Kier molecular flexibility index (Phi) is 4.26. The van der Waals surface area contributed by atoms with Gasteiger partial charge in [-0.25, -0.2) is 0 Å². The van der Waals surface area contributed by atoms with Crippen LogP contribution in [0.5, 0.6) is 0 Å². The summed E-state index contributed by atoms with van der Waals surface area (Å²) in [7, 11) is 0. The number of carbonyl (C=O) groups is 2. The maximum atomic E-state index is 12.4. The lowest BCUT2D eigenvalue weighted by Crippen LogP contribution is -2.36. The predicted molar refractivity (Wildman–Crippen MR) is 97.8 cm³/mol. The number of piperidine rings is 1. The zero-order valence-corrected chi connectivity index (χ0v) is 14.2. The highest BCUT2D eigenvalue weighted by Crippen LogP contribution is 2.27. The Morgan fingerprint density at radius 2 is 1.36 bits per heavy atom. The summed E-state index contributed by atoms with van der Waals surface area (Å²) in [6.07, 6.45) is 3.12. The summed E-state index contributed by atoms with van der Waals surface area (Å²) in [4.78, 5) is 28.7. The molecule has 2 heterocycles. The van der Waals surface area contributed by atoms with Gasteiger partial charge in [0.25, 0.3) is 11.8 Å². The molecule has 0 bridgehead atoms. The number of imide groups is 1. The highest BCUT2D eigenvalue weighted by atomic mass is 16.2. The van der Waals surface area contributed by atoms with Crippen molar-refractivity contribution in [2.24, 2.45) is 5.92 Å². The van der Waals surface area contributed by atoms with Gasteiger partial charge in [0.1, 0.15) is 0 Å². The van der Waals surface area contributed by atoms with E-state index >= 15 is 0 Å². The molecule has 2 aliphatic rings. The van der Waals surface area contributed by atoms with Crippen molar-refractivity contribution < 1.29 is 9.59 Å². The number of benzene rings is 2. The Labute approximate surface area is 148 Å². The fourth-order valence-electron chi connectivity index (χ4n) is 3.87. The minimum atomic E-state index is -0.137. The first-order valence-electron chi connectivity index (χ1n) is 8.99. The third-order valence-corrected chi connectivity index (χ3v) is 5.38. The number of carbonyl (C=O) groups excluding carboxylic acids is 2. The smallest absolute Gasteiger partial charge is 0.261 e. The SMILES string of the molecule is O=C1c2ccccc2C(=O)N1CCC1CCN(c2ccccc2)CC1. The van der Waals surface area contributed by atoms with Crippen LogP contribution in [0.1, 0.15) is 40.0 Å². The minimum Gasteiger partial charge on any atom is -0.372 e. The van der Waals surface area contributed by atoms with Gasteiger partial charge in [-0.3, -0.25) is 14.5 Å². The highest BCUT2D eigenvalue weighted by molar-refractivity contribution is 6.21. The predicted octanol–water partition coefficient (Wildman–Crippen LogP) is 3.59. The largest absolute Gasteiger partial charge is 0.372 e. The lowest BCUT2D eigenvalue weighted by atomic mass is 9.93. The van der Waals surface area contributed by atoms with E-state index in [4.69, 9.17) is 0 Å². The molecule has 4 nitrogen and oxygen atoms in total. The van der Waals surface area contributed by atoms with Crippen molar-refractivity contribution in [3.63, 3.8) is 0 Å².